The molecule has 0 saturated carbocycles. The highest BCUT2D eigenvalue weighted by molar-refractivity contribution is 4.99. The maximum Gasteiger partial charge on any atom is -0.0623 e. The first-order chi connectivity index (χ1) is 10.0. The van der Waals surface area contributed by atoms with E-state index in [2.05, 4.69) is 0 Å². The molecule has 2 aromatic carbocycles. The first-order valence-corrected chi connectivity index (χ1v) is 8.00. The van der Waals surface area contributed by atoms with Crippen molar-refractivity contribution in [1.29, 1.82) is 0 Å². The Bertz CT molecular complexity index is 175. The van der Waals surface area contributed by atoms with Crippen LogP contribution in [0.25, 0.3) is 0 Å². The molecule has 0 heteroatoms. The highest BCUT2D eigenvalue weighted by atomic mass is 13.7. The molecule has 0 saturated heterocycles. The Labute approximate surface area is 143 Å². The van der Waals surface area contributed by atoms with Gasteiger partial charge >= 0.3 is 0 Å². The Hall–Kier alpha value is -1.56. The molecule has 22 heavy (non-hydrogen) atoms. The number of rotatable bonds is 0. The Morgan fingerprint density at radius 1 is 0.227 bits per heavy atom. The van der Waals surface area contributed by atoms with Crippen LogP contribution in [0, 0.1) is 0 Å². The molecule has 0 aliphatic heterocycles. The minimum absolute atomic E-state index is 0. The van der Waals surface area contributed by atoms with E-state index >= 15 is 0 Å². The molecular formula is C22H44. The highest BCUT2D eigenvalue weighted by Gasteiger charge is 1.58. The second-order valence-electron chi connectivity index (χ2n) is 2.31. The van der Waals surface area contributed by atoms with Gasteiger partial charge in [-0.3, -0.25) is 0 Å². The van der Waals surface area contributed by atoms with Gasteiger partial charge in [-0.15, -0.1) is 0 Å². The quantitative estimate of drug-likeness (QED) is 0.456. The summed E-state index contributed by atoms with van der Waals surface area (Å²) < 4.78 is 0. The largest absolute Gasteiger partial charge is 0.0776 e. The lowest BCUT2D eigenvalue weighted by atomic mass is 10.4. The van der Waals surface area contributed by atoms with Crippen molar-refractivity contribution in [2.75, 3.05) is 0 Å². The molecule has 0 unspecified atom stereocenters. The van der Waals surface area contributed by atoms with Crippen molar-refractivity contribution >= 4 is 0 Å². The fourth-order valence-electron chi connectivity index (χ4n) is 0.770. The summed E-state index contributed by atoms with van der Waals surface area (Å²) in [6.45, 7) is 16.0. The lowest BCUT2D eigenvalue weighted by molar-refractivity contribution is 1.50. The zero-order valence-electron chi connectivity index (χ0n) is 14.9. The minimum Gasteiger partial charge on any atom is -0.0776 e. The lowest BCUT2D eigenvalue weighted by Crippen LogP contribution is -1.47. The predicted octanol–water partition coefficient (Wildman–Crippen LogP) is 8.75. The van der Waals surface area contributed by atoms with Gasteiger partial charge in [-0.1, -0.05) is 143 Å². The van der Waals surface area contributed by atoms with Crippen LogP contribution in [0.5, 0.6) is 0 Å². The molecule has 0 spiro atoms. The van der Waals surface area contributed by atoms with Crippen molar-refractivity contribution in [3.05, 3.63) is 72.8 Å². The summed E-state index contributed by atoms with van der Waals surface area (Å²) in [7, 11) is 0. The van der Waals surface area contributed by atoms with E-state index in [0.717, 1.165) is 0 Å². The number of hydrogen-bond acceptors (Lipinski definition) is 0. The molecule has 0 radical (unpaired) electrons. The van der Waals surface area contributed by atoms with E-state index < -0.39 is 0 Å². The van der Waals surface area contributed by atoms with Crippen LogP contribution in [-0.4, -0.2) is 0 Å². The van der Waals surface area contributed by atoms with Gasteiger partial charge in [0.25, 0.3) is 0 Å². The highest BCUT2D eigenvalue weighted by Crippen LogP contribution is 1.80. The van der Waals surface area contributed by atoms with Crippen LogP contribution in [0.2, 0.25) is 0 Å². The standard InChI is InChI=1S/2C6H6.4C2H6.2CH4/c2*1-2-4-6-5-3-1;4*1-2;;/h2*1-6H;4*1-2H3;2*1H4. The van der Waals surface area contributed by atoms with Crippen molar-refractivity contribution < 1.29 is 0 Å². The van der Waals surface area contributed by atoms with Gasteiger partial charge in [0, 0.05) is 0 Å². The van der Waals surface area contributed by atoms with Crippen LogP contribution in [-0.2, 0) is 0 Å². The van der Waals surface area contributed by atoms with Gasteiger partial charge in [0.2, 0.25) is 0 Å². The predicted molar refractivity (Wildman–Crippen MR) is 112 cm³/mol. The topological polar surface area (TPSA) is 0 Å². The molecule has 132 valence electrons. The second-order valence-corrected chi connectivity index (χ2v) is 2.31. The van der Waals surface area contributed by atoms with Crippen LogP contribution in [0.3, 0.4) is 0 Å². The smallest absolute Gasteiger partial charge is 0.0623 e. The first kappa shape index (κ1) is 37.0. The summed E-state index contributed by atoms with van der Waals surface area (Å²) in [5.74, 6) is 0. The normalized spacial score (nSPS) is 5.45. The molecule has 0 heterocycles. The average Bonchev–Trinajstić information content (AvgIpc) is 2.65. The van der Waals surface area contributed by atoms with Crippen LogP contribution < -0.4 is 0 Å². The Morgan fingerprint density at radius 3 is 0.318 bits per heavy atom. The zero-order valence-corrected chi connectivity index (χ0v) is 14.9. The number of hydrogen-bond donors (Lipinski definition) is 0. The summed E-state index contributed by atoms with van der Waals surface area (Å²) in [5.41, 5.74) is 0. The van der Waals surface area contributed by atoms with Crippen LogP contribution >= 0.6 is 0 Å². The van der Waals surface area contributed by atoms with E-state index in [1.165, 1.54) is 0 Å². The van der Waals surface area contributed by atoms with Crippen molar-refractivity contribution in [2.24, 2.45) is 0 Å². The molecule has 0 atom stereocenters. The Morgan fingerprint density at radius 2 is 0.273 bits per heavy atom. The van der Waals surface area contributed by atoms with Gasteiger partial charge < -0.3 is 0 Å². The van der Waals surface area contributed by atoms with E-state index in [9.17, 15) is 0 Å². The van der Waals surface area contributed by atoms with E-state index in [1.54, 1.807) is 0 Å². The average molecular weight is 309 g/mol. The van der Waals surface area contributed by atoms with Crippen molar-refractivity contribution in [3.8, 4) is 0 Å². The molecular weight excluding hydrogens is 264 g/mol. The van der Waals surface area contributed by atoms with Crippen molar-refractivity contribution in [1.82, 2.24) is 0 Å². The third-order valence-electron chi connectivity index (χ3n) is 1.33. The van der Waals surface area contributed by atoms with Gasteiger partial charge in [0.1, 0.15) is 0 Å². The van der Waals surface area contributed by atoms with E-state index in [4.69, 9.17) is 0 Å². The zero-order chi connectivity index (χ0) is 16.5. The molecule has 0 aliphatic carbocycles. The molecule has 0 fully saturated rings. The maximum atomic E-state index is 2.00. The van der Waals surface area contributed by atoms with Crippen molar-refractivity contribution in [3.63, 3.8) is 0 Å². The Kier molecular flexibility index (Phi) is 102. The van der Waals surface area contributed by atoms with E-state index in [1.807, 2.05) is 128 Å². The fraction of sp³-hybridized carbons (Fsp3) is 0.455. The molecule has 0 N–H and O–H groups in total. The first-order valence-electron chi connectivity index (χ1n) is 8.00. The second kappa shape index (κ2) is 60.6. The molecule has 0 bridgehead atoms. The van der Waals surface area contributed by atoms with E-state index in [0.29, 0.717) is 0 Å². The third-order valence-corrected chi connectivity index (χ3v) is 1.33. The minimum atomic E-state index is 0. The third kappa shape index (κ3) is 51.5. The van der Waals surface area contributed by atoms with Crippen LogP contribution in [0.15, 0.2) is 72.8 Å². The van der Waals surface area contributed by atoms with Crippen LogP contribution in [0.4, 0.5) is 0 Å². The molecule has 2 rings (SSSR count). The van der Waals surface area contributed by atoms with Gasteiger partial charge in [0.15, 0.2) is 0 Å². The molecule has 0 nitrogen and oxygen atoms in total. The van der Waals surface area contributed by atoms with Crippen LogP contribution in [0.1, 0.15) is 70.2 Å². The summed E-state index contributed by atoms with van der Waals surface area (Å²) in [6, 6.07) is 24.0. The van der Waals surface area contributed by atoms with Crippen molar-refractivity contribution in [2.45, 2.75) is 70.2 Å². The van der Waals surface area contributed by atoms with E-state index in [-0.39, 0.29) is 14.9 Å². The van der Waals surface area contributed by atoms with Gasteiger partial charge in [0.05, 0.1) is 0 Å². The molecule has 2 aromatic rings. The lowest BCUT2D eigenvalue weighted by Gasteiger charge is -1.69. The summed E-state index contributed by atoms with van der Waals surface area (Å²) in [4.78, 5) is 0. The van der Waals surface area contributed by atoms with Gasteiger partial charge in [-0.05, 0) is 0 Å². The number of benzene rings is 2. The fourth-order valence-corrected chi connectivity index (χ4v) is 0.770. The molecule has 0 amide bonds. The maximum absolute atomic E-state index is 2.00. The SMILES string of the molecule is C.C.CC.CC.CC.CC.c1ccccc1.c1ccccc1. The summed E-state index contributed by atoms with van der Waals surface area (Å²) in [5, 5.41) is 0. The monoisotopic (exact) mass is 308 g/mol. The summed E-state index contributed by atoms with van der Waals surface area (Å²) in [6.07, 6.45) is 0. The van der Waals surface area contributed by atoms with Gasteiger partial charge in [-0.2, -0.15) is 0 Å². The Balaban J connectivity index is -0.0000000380. The van der Waals surface area contributed by atoms with Gasteiger partial charge in [-0.25, -0.2) is 0 Å². The molecule has 0 aliphatic rings. The molecule has 0 aromatic heterocycles. The summed E-state index contributed by atoms with van der Waals surface area (Å²) >= 11 is 0.